The molecule has 0 saturated carbocycles. The van der Waals surface area contributed by atoms with E-state index in [2.05, 4.69) is 6.07 Å². The third-order valence-electron chi connectivity index (χ3n) is 3.61. The van der Waals surface area contributed by atoms with E-state index in [9.17, 15) is 9.18 Å². The van der Waals surface area contributed by atoms with Crippen LogP contribution in [-0.2, 0) is 6.54 Å². The second kappa shape index (κ2) is 6.08. The van der Waals surface area contributed by atoms with Gasteiger partial charge >= 0.3 is 0 Å². The van der Waals surface area contributed by atoms with Gasteiger partial charge in [-0.1, -0.05) is 29.8 Å². The number of benzene rings is 2. The number of rotatable bonds is 3. The highest BCUT2D eigenvalue weighted by molar-refractivity contribution is 5.94. The highest BCUT2D eigenvalue weighted by atomic mass is 19.1. The average molecular weight is 285 g/mol. The van der Waals surface area contributed by atoms with Crippen molar-refractivity contribution in [3.8, 4) is 0 Å². The monoisotopic (exact) mass is 285 g/mol. The van der Waals surface area contributed by atoms with Crippen molar-refractivity contribution in [1.29, 1.82) is 0 Å². The van der Waals surface area contributed by atoms with Gasteiger partial charge in [-0.15, -0.1) is 0 Å². The summed E-state index contributed by atoms with van der Waals surface area (Å²) in [4.78, 5) is 13.9. The standard InChI is InChI=1S/C18H20FNO/c1-12-5-7-15(14(3)9-12)11-20(4)18(21)16-8-6-13(2)10-17(16)19/h5-10H,11H2,1-4H3. The molecule has 3 heteroatoms. The maximum atomic E-state index is 13.9. The molecule has 110 valence electrons. The van der Waals surface area contributed by atoms with Crippen LogP contribution in [0, 0.1) is 26.6 Å². The van der Waals surface area contributed by atoms with Crippen molar-refractivity contribution >= 4 is 5.91 Å². The minimum Gasteiger partial charge on any atom is -0.337 e. The Morgan fingerprint density at radius 1 is 1.05 bits per heavy atom. The van der Waals surface area contributed by atoms with Crippen molar-refractivity contribution in [2.75, 3.05) is 7.05 Å². The molecule has 0 saturated heterocycles. The maximum Gasteiger partial charge on any atom is 0.256 e. The molecule has 0 unspecified atom stereocenters. The van der Waals surface area contributed by atoms with Crippen LogP contribution in [-0.4, -0.2) is 17.9 Å². The van der Waals surface area contributed by atoms with Crippen molar-refractivity contribution in [1.82, 2.24) is 4.90 Å². The van der Waals surface area contributed by atoms with Crippen molar-refractivity contribution in [3.05, 3.63) is 70.0 Å². The molecule has 2 nitrogen and oxygen atoms in total. The highest BCUT2D eigenvalue weighted by Gasteiger charge is 2.16. The molecule has 0 N–H and O–H groups in total. The zero-order valence-electron chi connectivity index (χ0n) is 12.9. The maximum absolute atomic E-state index is 13.9. The average Bonchev–Trinajstić information content (AvgIpc) is 2.41. The first-order chi connectivity index (χ1) is 9.88. The molecule has 0 spiro atoms. The van der Waals surface area contributed by atoms with Crippen molar-refractivity contribution < 1.29 is 9.18 Å². The Kier molecular flexibility index (Phi) is 4.41. The molecule has 21 heavy (non-hydrogen) atoms. The normalized spacial score (nSPS) is 10.5. The molecular weight excluding hydrogens is 265 g/mol. The van der Waals surface area contributed by atoms with E-state index in [0.717, 1.165) is 16.7 Å². The summed E-state index contributed by atoms with van der Waals surface area (Å²) in [7, 11) is 1.70. The fourth-order valence-electron chi connectivity index (χ4n) is 2.35. The molecular formula is C18H20FNO. The molecule has 0 heterocycles. The molecule has 2 aromatic carbocycles. The number of carbonyl (C=O) groups is 1. The molecule has 0 aromatic heterocycles. The largest absolute Gasteiger partial charge is 0.337 e. The van der Waals surface area contributed by atoms with Crippen molar-refractivity contribution in [3.63, 3.8) is 0 Å². The number of hydrogen-bond donors (Lipinski definition) is 0. The van der Waals surface area contributed by atoms with E-state index < -0.39 is 5.82 Å². The van der Waals surface area contributed by atoms with Crippen LogP contribution in [0.2, 0.25) is 0 Å². The van der Waals surface area contributed by atoms with Crippen LogP contribution in [0.25, 0.3) is 0 Å². The molecule has 0 bridgehead atoms. The van der Waals surface area contributed by atoms with E-state index in [1.807, 2.05) is 26.0 Å². The third-order valence-corrected chi connectivity index (χ3v) is 3.61. The van der Waals surface area contributed by atoms with Gasteiger partial charge in [-0.05, 0) is 49.6 Å². The van der Waals surface area contributed by atoms with Gasteiger partial charge in [0.05, 0.1) is 5.56 Å². The first kappa shape index (κ1) is 15.2. The van der Waals surface area contributed by atoms with E-state index in [-0.39, 0.29) is 11.5 Å². The first-order valence-corrected chi connectivity index (χ1v) is 6.96. The lowest BCUT2D eigenvalue weighted by Gasteiger charge is -2.19. The number of amides is 1. The Balaban J connectivity index is 2.19. The van der Waals surface area contributed by atoms with Crippen molar-refractivity contribution in [2.24, 2.45) is 0 Å². The van der Waals surface area contributed by atoms with Crippen LogP contribution in [0.1, 0.15) is 32.6 Å². The molecule has 0 aliphatic carbocycles. The highest BCUT2D eigenvalue weighted by Crippen LogP contribution is 2.16. The van der Waals surface area contributed by atoms with Gasteiger partial charge in [-0.2, -0.15) is 0 Å². The second-order valence-electron chi connectivity index (χ2n) is 5.57. The Labute approximate surface area is 125 Å². The van der Waals surface area contributed by atoms with Gasteiger partial charge in [-0.25, -0.2) is 4.39 Å². The fraction of sp³-hybridized carbons (Fsp3) is 0.278. The van der Waals surface area contributed by atoms with Crippen LogP contribution < -0.4 is 0 Å². The van der Waals surface area contributed by atoms with E-state index in [0.29, 0.717) is 6.54 Å². The summed E-state index contributed by atoms with van der Waals surface area (Å²) in [6, 6.07) is 10.8. The molecule has 1 amide bonds. The molecule has 2 rings (SSSR count). The lowest BCUT2D eigenvalue weighted by atomic mass is 10.0. The Morgan fingerprint density at radius 3 is 2.29 bits per heavy atom. The summed E-state index contributed by atoms with van der Waals surface area (Å²) >= 11 is 0. The van der Waals surface area contributed by atoms with Gasteiger partial charge in [0.1, 0.15) is 5.82 Å². The summed E-state index contributed by atoms with van der Waals surface area (Å²) in [6.45, 7) is 6.33. The summed E-state index contributed by atoms with van der Waals surface area (Å²) in [5.41, 5.74) is 4.33. The zero-order chi connectivity index (χ0) is 15.6. The molecule has 2 aromatic rings. The fourth-order valence-corrected chi connectivity index (χ4v) is 2.35. The molecule has 0 aliphatic heterocycles. The lowest BCUT2D eigenvalue weighted by Crippen LogP contribution is -2.27. The van der Waals surface area contributed by atoms with E-state index >= 15 is 0 Å². The first-order valence-electron chi connectivity index (χ1n) is 6.96. The molecule has 0 radical (unpaired) electrons. The number of halogens is 1. The van der Waals surface area contributed by atoms with Gasteiger partial charge in [0.2, 0.25) is 0 Å². The van der Waals surface area contributed by atoms with Crippen LogP contribution in [0.15, 0.2) is 36.4 Å². The number of nitrogens with zero attached hydrogens (tertiary/aromatic N) is 1. The topological polar surface area (TPSA) is 20.3 Å². The van der Waals surface area contributed by atoms with E-state index in [1.165, 1.54) is 11.6 Å². The SMILES string of the molecule is Cc1ccc(CN(C)C(=O)c2ccc(C)cc2F)c(C)c1. The number of carbonyl (C=O) groups excluding carboxylic acids is 1. The number of hydrogen-bond acceptors (Lipinski definition) is 1. The zero-order valence-corrected chi connectivity index (χ0v) is 12.9. The van der Waals surface area contributed by atoms with Crippen LogP contribution >= 0.6 is 0 Å². The van der Waals surface area contributed by atoms with Gasteiger partial charge < -0.3 is 4.90 Å². The minimum absolute atomic E-state index is 0.118. The van der Waals surface area contributed by atoms with Gasteiger partial charge in [-0.3, -0.25) is 4.79 Å². The predicted octanol–water partition coefficient (Wildman–Crippen LogP) is 4.02. The van der Waals surface area contributed by atoms with Crippen LogP contribution in [0.5, 0.6) is 0 Å². The second-order valence-corrected chi connectivity index (χ2v) is 5.57. The summed E-state index contributed by atoms with van der Waals surface area (Å²) in [6.07, 6.45) is 0. The molecule has 0 fully saturated rings. The van der Waals surface area contributed by atoms with E-state index in [4.69, 9.17) is 0 Å². The molecule has 0 atom stereocenters. The molecule has 0 aliphatic rings. The predicted molar refractivity (Wildman–Crippen MR) is 82.9 cm³/mol. The Hall–Kier alpha value is -2.16. The van der Waals surface area contributed by atoms with E-state index in [1.54, 1.807) is 31.0 Å². The smallest absolute Gasteiger partial charge is 0.256 e. The minimum atomic E-state index is -0.465. The van der Waals surface area contributed by atoms with Crippen LogP contribution in [0.4, 0.5) is 4.39 Å². The Bertz CT molecular complexity index is 679. The lowest BCUT2D eigenvalue weighted by molar-refractivity contribution is 0.0780. The van der Waals surface area contributed by atoms with Gasteiger partial charge in [0, 0.05) is 13.6 Å². The van der Waals surface area contributed by atoms with Gasteiger partial charge in [0.25, 0.3) is 5.91 Å². The van der Waals surface area contributed by atoms with Crippen LogP contribution in [0.3, 0.4) is 0 Å². The van der Waals surface area contributed by atoms with Crippen molar-refractivity contribution in [2.45, 2.75) is 27.3 Å². The van der Waals surface area contributed by atoms with Gasteiger partial charge in [0.15, 0.2) is 0 Å². The third kappa shape index (κ3) is 3.48. The Morgan fingerprint density at radius 2 is 1.67 bits per heavy atom. The quantitative estimate of drug-likeness (QED) is 0.834. The number of aryl methyl sites for hydroxylation is 3. The summed E-state index contributed by atoms with van der Waals surface area (Å²) in [5, 5.41) is 0. The summed E-state index contributed by atoms with van der Waals surface area (Å²) in [5.74, 6) is -0.764. The summed E-state index contributed by atoms with van der Waals surface area (Å²) < 4.78 is 13.9.